The van der Waals surface area contributed by atoms with Crippen LogP contribution < -0.4 is 11.1 Å². The minimum absolute atomic E-state index is 0.0968. The molecular formula is C8H12N4O5. The van der Waals surface area contributed by atoms with Gasteiger partial charge in [-0.1, -0.05) is 0 Å². The third kappa shape index (κ3) is 2.13. The fourth-order valence-corrected chi connectivity index (χ4v) is 1.56. The van der Waals surface area contributed by atoms with Gasteiger partial charge in [-0.3, -0.25) is 10.1 Å². The molecule has 9 heteroatoms. The van der Waals surface area contributed by atoms with Crippen LogP contribution in [-0.4, -0.2) is 64.2 Å². The van der Waals surface area contributed by atoms with E-state index in [2.05, 4.69) is 15.3 Å². The summed E-state index contributed by atoms with van der Waals surface area (Å²) >= 11 is 0. The second kappa shape index (κ2) is 4.37. The Morgan fingerprint density at radius 3 is 2.65 bits per heavy atom. The number of carbonyl (C=O) groups is 1. The lowest BCUT2D eigenvalue weighted by Gasteiger charge is -2.10. The van der Waals surface area contributed by atoms with Crippen LogP contribution in [0.15, 0.2) is 9.98 Å². The lowest BCUT2D eigenvalue weighted by molar-refractivity contribution is -0.113. The van der Waals surface area contributed by atoms with Crippen LogP contribution >= 0.6 is 0 Å². The van der Waals surface area contributed by atoms with E-state index in [9.17, 15) is 15.0 Å². The quantitative estimate of drug-likeness (QED) is 0.337. The summed E-state index contributed by atoms with van der Waals surface area (Å²) in [6.45, 7) is -0.461. The lowest BCUT2D eigenvalue weighted by atomic mass is 10.1. The molecule has 0 aromatic heterocycles. The first-order valence-corrected chi connectivity index (χ1v) is 4.88. The highest BCUT2D eigenvalue weighted by Gasteiger charge is 2.43. The molecule has 0 aromatic rings. The van der Waals surface area contributed by atoms with Crippen molar-refractivity contribution in [1.82, 2.24) is 5.32 Å². The van der Waals surface area contributed by atoms with Crippen LogP contribution in [0.4, 0.5) is 0 Å². The Bertz CT molecular complexity index is 395. The highest BCUT2D eigenvalue weighted by molar-refractivity contribution is 6.46. The van der Waals surface area contributed by atoms with Crippen LogP contribution in [-0.2, 0) is 9.53 Å². The molecule has 0 bridgehead atoms. The van der Waals surface area contributed by atoms with Crippen molar-refractivity contribution < 1.29 is 24.9 Å². The SMILES string of the molecule is NC1=N/C(=N\[C@@H]2O[C@H](CO)[C@@H](O)[C@H]2O)C(=O)N1. The smallest absolute Gasteiger partial charge is 0.295 e. The number of hydrogen-bond acceptors (Lipinski definition) is 7. The molecule has 17 heavy (non-hydrogen) atoms. The minimum Gasteiger partial charge on any atom is -0.394 e. The minimum atomic E-state index is -1.33. The molecule has 94 valence electrons. The zero-order chi connectivity index (χ0) is 12.6. The lowest BCUT2D eigenvalue weighted by Crippen LogP contribution is -2.34. The highest BCUT2D eigenvalue weighted by atomic mass is 16.6. The molecule has 0 aliphatic carbocycles. The van der Waals surface area contributed by atoms with Crippen LogP contribution in [0, 0.1) is 0 Å². The average molecular weight is 244 g/mol. The maximum Gasteiger partial charge on any atom is 0.295 e. The van der Waals surface area contributed by atoms with Crippen molar-refractivity contribution in [1.29, 1.82) is 0 Å². The standard InChI is InChI=1S/C8H12N4O5/c9-8-11-5(6(16)12-8)10-7-4(15)3(14)2(1-13)17-7/h2-4,7,13-15H,1H2,(H3,9,10,11,12,16)/t2-,3-,4-,7-/m1/s1. The molecule has 0 spiro atoms. The fraction of sp³-hybridized carbons (Fsp3) is 0.625. The van der Waals surface area contributed by atoms with Gasteiger partial charge in [-0.15, -0.1) is 0 Å². The summed E-state index contributed by atoms with van der Waals surface area (Å²) in [7, 11) is 0. The summed E-state index contributed by atoms with van der Waals surface area (Å²) in [6, 6.07) is 0. The Labute approximate surface area is 95.6 Å². The van der Waals surface area contributed by atoms with Crippen LogP contribution in [0.25, 0.3) is 0 Å². The van der Waals surface area contributed by atoms with Crippen molar-refractivity contribution in [2.24, 2.45) is 15.7 Å². The predicted molar refractivity (Wildman–Crippen MR) is 55.0 cm³/mol. The van der Waals surface area contributed by atoms with Gasteiger partial charge in [-0.05, 0) is 0 Å². The third-order valence-corrected chi connectivity index (χ3v) is 2.44. The van der Waals surface area contributed by atoms with Crippen molar-refractivity contribution >= 4 is 17.7 Å². The Morgan fingerprint density at radius 1 is 1.47 bits per heavy atom. The topological polar surface area (TPSA) is 150 Å². The van der Waals surface area contributed by atoms with E-state index in [0.29, 0.717) is 0 Å². The number of aliphatic hydroxyl groups is 3. The number of aliphatic hydroxyl groups excluding tert-OH is 3. The zero-order valence-corrected chi connectivity index (χ0v) is 8.65. The summed E-state index contributed by atoms with van der Waals surface area (Å²) in [6.07, 6.45) is -4.69. The molecule has 6 N–H and O–H groups in total. The maximum absolute atomic E-state index is 11.2. The number of amides is 1. The van der Waals surface area contributed by atoms with Crippen molar-refractivity contribution in [2.75, 3.05) is 6.61 Å². The normalized spacial score (nSPS) is 39.6. The predicted octanol–water partition coefficient (Wildman–Crippen LogP) is -3.73. The van der Waals surface area contributed by atoms with Gasteiger partial charge in [-0.25, -0.2) is 4.99 Å². The van der Waals surface area contributed by atoms with Crippen LogP contribution in [0.5, 0.6) is 0 Å². The van der Waals surface area contributed by atoms with Crippen LogP contribution in [0.1, 0.15) is 0 Å². The number of nitrogens with one attached hydrogen (secondary N) is 1. The van der Waals surface area contributed by atoms with Gasteiger partial charge in [0.2, 0.25) is 11.8 Å². The molecule has 4 atom stereocenters. The number of amidine groups is 1. The van der Waals surface area contributed by atoms with Gasteiger partial charge in [0.25, 0.3) is 5.91 Å². The molecule has 0 aromatic carbocycles. The zero-order valence-electron chi connectivity index (χ0n) is 8.65. The first kappa shape index (κ1) is 11.9. The molecule has 1 fully saturated rings. The molecule has 1 saturated heterocycles. The molecule has 2 aliphatic heterocycles. The molecule has 2 rings (SSSR count). The van der Waals surface area contributed by atoms with Gasteiger partial charge in [-0.2, -0.15) is 4.99 Å². The Morgan fingerprint density at radius 2 is 2.18 bits per heavy atom. The fourth-order valence-electron chi connectivity index (χ4n) is 1.56. The second-order valence-corrected chi connectivity index (χ2v) is 3.63. The largest absolute Gasteiger partial charge is 0.394 e. The number of hydrogen-bond donors (Lipinski definition) is 5. The Balaban J connectivity index is 2.15. The van der Waals surface area contributed by atoms with Crippen molar-refractivity contribution in [2.45, 2.75) is 24.5 Å². The van der Waals surface area contributed by atoms with Gasteiger partial charge < -0.3 is 25.8 Å². The molecule has 9 nitrogen and oxygen atoms in total. The van der Waals surface area contributed by atoms with E-state index in [1.165, 1.54) is 0 Å². The number of guanidine groups is 1. The number of rotatable bonds is 2. The Kier molecular flexibility index (Phi) is 3.07. The van der Waals surface area contributed by atoms with Crippen molar-refractivity contribution in [3.8, 4) is 0 Å². The molecule has 2 heterocycles. The number of carbonyl (C=O) groups excluding carboxylic acids is 1. The number of nitrogens with two attached hydrogens (primary N) is 1. The summed E-state index contributed by atoms with van der Waals surface area (Å²) in [5, 5.41) is 30.1. The number of ether oxygens (including phenoxy) is 1. The first-order valence-electron chi connectivity index (χ1n) is 4.88. The maximum atomic E-state index is 11.2. The molecule has 1 amide bonds. The average Bonchev–Trinajstić information content (AvgIpc) is 2.73. The molecular weight excluding hydrogens is 232 g/mol. The van der Waals surface area contributed by atoms with E-state index in [-0.39, 0.29) is 11.8 Å². The third-order valence-electron chi connectivity index (χ3n) is 2.44. The molecule has 0 saturated carbocycles. The van der Waals surface area contributed by atoms with Crippen molar-refractivity contribution in [3.63, 3.8) is 0 Å². The monoisotopic (exact) mass is 244 g/mol. The number of aliphatic imine (C=N–C) groups is 2. The number of nitrogens with zero attached hydrogens (tertiary/aromatic N) is 2. The molecule has 0 unspecified atom stereocenters. The van der Waals surface area contributed by atoms with Gasteiger partial charge in [0, 0.05) is 0 Å². The molecule has 0 radical (unpaired) electrons. The van der Waals surface area contributed by atoms with E-state index in [4.69, 9.17) is 15.6 Å². The summed E-state index contributed by atoms with van der Waals surface area (Å²) in [4.78, 5) is 18.5. The van der Waals surface area contributed by atoms with E-state index in [1.54, 1.807) is 0 Å². The van der Waals surface area contributed by atoms with Crippen molar-refractivity contribution in [3.05, 3.63) is 0 Å². The van der Waals surface area contributed by atoms with E-state index < -0.39 is 37.1 Å². The van der Waals surface area contributed by atoms with Gasteiger partial charge >= 0.3 is 0 Å². The van der Waals surface area contributed by atoms with Crippen LogP contribution in [0.2, 0.25) is 0 Å². The first-order chi connectivity index (χ1) is 8.02. The van der Waals surface area contributed by atoms with Gasteiger partial charge in [0.15, 0.2) is 6.23 Å². The summed E-state index contributed by atoms with van der Waals surface area (Å²) < 4.78 is 5.05. The van der Waals surface area contributed by atoms with E-state index in [0.717, 1.165) is 0 Å². The highest BCUT2D eigenvalue weighted by Crippen LogP contribution is 2.22. The van der Waals surface area contributed by atoms with Gasteiger partial charge in [0.1, 0.15) is 18.3 Å². The van der Waals surface area contributed by atoms with Crippen LogP contribution in [0.3, 0.4) is 0 Å². The summed E-state index contributed by atoms with van der Waals surface area (Å²) in [5.41, 5.74) is 5.25. The van der Waals surface area contributed by atoms with E-state index >= 15 is 0 Å². The Hall–Kier alpha value is -1.55. The molecule has 2 aliphatic rings. The van der Waals surface area contributed by atoms with Gasteiger partial charge in [0.05, 0.1) is 6.61 Å². The second-order valence-electron chi connectivity index (χ2n) is 3.63. The summed E-state index contributed by atoms with van der Waals surface area (Å²) in [5.74, 6) is -0.946. The van der Waals surface area contributed by atoms with E-state index in [1.807, 2.05) is 0 Å².